The number of anilines is 3. The second-order valence-electron chi connectivity index (χ2n) is 5.23. The Bertz CT molecular complexity index is 972. The summed E-state index contributed by atoms with van der Waals surface area (Å²) in [6.45, 7) is 1.78. The molecule has 1 amide bonds. The molecule has 1 heterocycles. The van der Waals surface area contributed by atoms with Gasteiger partial charge in [-0.3, -0.25) is 4.79 Å². The first-order chi connectivity index (χ1) is 12.1. The SMILES string of the molecule is CC=CC(=O)Nc1ccc2ncnc(Nc3ccc(O)c(Cl)c3)c2c1. The first-order valence-electron chi connectivity index (χ1n) is 7.51. The highest BCUT2D eigenvalue weighted by Crippen LogP contribution is 2.30. The number of nitrogens with one attached hydrogen (secondary N) is 2. The number of amides is 1. The number of hydrogen-bond donors (Lipinski definition) is 3. The monoisotopic (exact) mass is 354 g/mol. The summed E-state index contributed by atoms with van der Waals surface area (Å²) in [4.78, 5) is 20.2. The third-order valence-corrected chi connectivity index (χ3v) is 3.73. The Balaban J connectivity index is 1.96. The predicted octanol–water partition coefficient (Wildman–Crippen LogP) is 4.25. The minimum atomic E-state index is -0.210. The van der Waals surface area contributed by atoms with Crippen molar-refractivity contribution in [3.05, 3.63) is 59.9 Å². The van der Waals surface area contributed by atoms with Gasteiger partial charge in [-0.2, -0.15) is 0 Å². The fourth-order valence-corrected chi connectivity index (χ4v) is 2.47. The topological polar surface area (TPSA) is 87.1 Å². The van der Waals surface area contributed by atoms with Crippen molar-refractivity contribution in [3.63, 3.8) is 0 Å². The highest BCUT2D eigenvalue weighted by Gasteiger charge is 2.08. The molecule has 0 aliphatic rings. The normalized spacial score (nSPS) is 11.0. The van der Waals surface area contributed by atoms with Crippen LogP contribution in [0.3, 0.4) is 0 Å². The lowest BCUT2D eigenvalue weighted by Crippen LogP contribution is -2.07. The zero-order valence-corrected chi connectivity index (χ0v) is 14.1. The van der Waals surface area contributed by atoms with Crippen molar-refractivity contribution in [1.29, 1.82) is 0 Å². The largest absolute Gasteiger partial charge is 0.506 e. The maximum atomic E-state index is 11.7. The number of benzene rings is 2. The number of aromatic hydroxyl groups is 1. The van der Waals surface area contributed by atoms with E-state index in [1.165, 1.54) is 18.5 Å². The van der Waals surface area contributed by atoms with Gasteiger partial charge in [-0.05, 0) is 49.4 Å². The average molecular weight is 355 g/mol. The molecule has 0 spiro atoms. The number of hydrogen-bond acceptors (Lipinski definition) is 5. The molecule has 0 unspecified atom stereocenters. The van der Waals surface area contributed by atoms with E-state index < -0.39 is 0 Å². The van der Waals surface area contributed by atoms with Crippen LogP contribution in [0.15, 0.2) is 54.9 Å². The van der Waals surface area contributed by atoms with Gasteiger partial charge in [0.15, 0.2) is 0 Å². The summed E-state index contributed by atoms with van der Waals surface area (Å²) in [6.07, 6.45) is 4.56. The lowest BCUT2D eigenvalue weighted by molar-refractivity contribution is -0.111. The van der Waals surface area contributed by atoms with Crippen LogP contribution in [-0.2, 0) is 4.79 Å². The summed E-state index contributed by atoms with van der Waals surface area (Å²) in [5, 5.41) is 16.4. The molecule has 3 aromatic rings. The first kappa shape index (κ1) is 16.7. The van der Waals surface area contributed by atoms with E-state index in [9.17, 15) is 9.90 Å². The van der Waals surface area contributed by atoms with Gasteiger partial charge >= 0.3 is 0 Å². The molecule has 0 fully saturated rings. The van der Waals surface area contributed by atoms with Crippen molar-refractivity contribution in [3.8, 4) is 5.75 Å². The summed E-state index contributed by atoms with van der Waals surface area (Å²) in [5.74, 6) is 0.362. The molecule has 3 rings (SSSR count). The molecule has 3 N–H and O–H groups in total. The molecule has 25 heavy (non-hydrogen) atoms. The Morgan fingerprint density at radius 3 is 2.72 bits per heavy atom. The quantitative estimate of drug-likeness (QED) is 0.481. The molecule has 2 aromatic carbocycles. The number of carbonyl (C=O) groups excluding carboxylic acids is 1. The molecular formula is C18H15ClN4O2. The minimum absolute atomic E-state index is 0.00809. The maximum Gasteiger partial charge on any atom is 0.248 e. The third-order valence-electron chi connectivity index (χ3n) is 3.43. The molecule has 0 bridgehead atoms. The third kappa shape index (κ3) is 3.87. The van der Waals surface area contributed by atoms with Gasteiger partial charge in [-0.25, -0.2) is 9.97 Å². The van der Waals surface area contributed by atoms with Crippen LogP contribution >= 0.6 is 11.6 Å². The van der Waals surface area contributed by atoms with Crippen LogP contribution in [0.4, 0.5) is 17.2 Å². The molecule has 6 nitrogen and oxygen atoms in total. The van der Waals surface area contributed by atoms with Crippen LogP contribution in [-0.4, -0.2) is 21.0 Å². The van der Waals surface area contributed by atoms with Gasteiger partial charge in [0.1, 0.15) is 17.9 Å². The lowest BCUT2D eigenvalue weighted by Gasteiger charge is -2.10. The Morgan fingerprint density at radius 2 is 1.96 bits per heavy atom. The van der Waals surface area contributed by atoms with Gasteiger partial charge in [0.2, 0.25) is 5.91 Å². The molecule has 0 saturated heterocycles. The highest BCUT2D eigenvalue weighted by molar-refractivity contribution is 6.32. The fourth-order valence-electron chi connectivity index (χ4n) is 2.29. The molecule has 0 saturated carbocycles. The molecule has 7 heteroatoms. The average Bonchev–Trinajstić information content (AvgIpc) is 2.59. The number of aromatic nitrogens is 2. The summed E-state index contributed by atoms with van der Waals surface area (Å²) < 4.78 is 0. The zero-order valence-electron chi connectivity index (χ0n) is 13.3. The Morgan fingerprint density at radius 1 is 1.16 bits per heavy atom. The van der Waals surface area contributed by atoms with Gasteiger partial charge in [-0.15, -0.1) is 0 Å². The van der Waals surface area contributed by atoms with E-state index in [2.05, 4.69) is 20.6 Å². The number of nitrogens with zero attached hydrogens (tertiary/aromatic N) is 2. The number of carbonyl (C=O) groups is 1. The second-order valence-corrected chi connectivity index (χ2v) is 5.64. The lowest BCUT2D eigenvalue weighted by atomic mass is 10.2. The van der Waals surface area contributed by atoms with E-state index in [0.717, 1.165) is 10.9 Å². The van der Waals surface area contributed by atoms with Crippen LogP contribution in [0.25, 0.3) is 10.9 Å². The number of allylic oxidation sites excluding steroid dienone is 1. The van der Waals surface area contributed by atoms with E-state index >= 15 is 0 Å². The number of phenolic OH excluding ortho intramolecular Hbond substituents is 1. The fraction of sp³-hybridized carbons (Fsp3) is 0.0556. The van der Waals surface area contributed by atoms with E-state index in [1.54, 1.807) is 43.3 Å². The van der Waals surface area contributed by atoms with Crippen molar-refractivity contribution in [2.24, 2.45) is 0 Å². The van der Waals surface area contributed by atoms with Crippen molar-refractivity contribution in [1.82, 2.24) is 9.97 Å². The number of phenols is 1. The second kappa shape index (κ2) is 7.19. The number of rotatable bonds is 4. The van der Waals surface area contributed by atoms with Crippen LogP contribution in [0.5, 0.6) is 5.75 Å². The molecule has 0 atom stereocenters. The van der Waals surface area contributed by atoms with Crippen LogP contribution in [0.2, 0.25) is 5.02 Å². The van der Waals surface area contributed by atoms with E-state index in [4.69, 9.17) is 11.6 Å². The van der Waals surface area contributed by atoms with Crippen molar-refractivity contribution in [2.75, 3.05) is 10.6 Å². The zero-order chi connectivity index (χ0) is 17.8. The molecule has 0 aliphatic heterocycles. The van der Waals surface area contributed by atoms with Crippen molar-refractivity contribution in [2.45, 2.75) is 6.92 Å². The molecule has 1 aromatic heterocycles. The van der Waals surface area contributed by atoms with Gasteiger partial charge in [0.25, 0.3) is 0 Å². The van der Waals surface area contributed by atoms with Crippen LogP contribution in [0, 0.1) is 0 Å². The van der Waals surface area contributed by atoms with Gasteiger partial charge < -0.3 is 15.7 Å². The van der Waals surface area contributed by atoms with Crippen molar-refractivity contribution < 1.29 is 9.90 Å². The smallest absolute Gasteiger partial charge is 0.248 e. The molecule has 126 valence electrons. The van der Waals surface area contributed by atoms with Gasteiger partial charge in [0, 0.05) is 16.8 Å². The van der Waals surface area contributed by atoms with Gasteiger partial charge in [0.05, 0.1) is 10.5 Å². The highest BCUT2D eigenvalue weighted by atomic mass is 35.5. The Hall–Kier alpha value is -3.12. The Kier molecular flexibility index (Phi) is 4.81. The minimum Gasteiger partial charge on any atom is -0.506 e. The standard InChI is InChI=1S/C18H15ClN4O2/c1-2-3-17(25)22-11-4-6-15-13(8-11)18(21-10-20-15)23-12-5-7-16(24)14(19)9-12/h2-10,24H,1H3,(H,22,25)(H,20,21,23). The van der Waals surface area contributed by atoms with Crippen LogP contribution < -0.4 is 10.6 Å². The van der Waals surface area contributed by atoms with E-state index in [0.29, 0.717) is 17.2 Å². The van der Waals surface area contributed by atoms with Crippen LogP contribution in [0.1, 0.15) is 6.92 Å². The summed E-state index contributed by atoms with van der Waals surface area (Å²) in [6, 6.07) is 10.2. The maximum absolute atomic E-state index is 11.7. The van der Waals surface area contributed by atoms with Gasteiger partial charge in [-0.1, -0.05) is 17.7 Å². The predicted molar refractivity (Wildman–Crippen MR) is 99.4 cm³/mol. The van der Waals surface area contributed by atoms with E-state index in [1.807, 2.05) is 0 Å². The summed E-state index contributed by atoms with van der Waals surface area (Å²) in [7, 11) is 0. The Labute approximate surface area is 149 Å². The molecule has 0 aliphatic carbocycles. The molecule has 0 radical (unpaired) electrons. The first-order valence-corrected chi connectivity index (χ1v) is 7.88. The van der Waals surface area contributed by atoms with Crippen molar-refractivity contribution >= 4 is 45.6 Å². The molecular weight excluding hydrogens is 340 g/mol. The number of halogens is 1. The van der Waals surface area contributed by atoms with E-state index in [-0.39, 0.29) is 16.7 Å². The summed E-state index contributed by atoms with van der Waals surface area (Å²) in [5.41, 5.74) is 2.04. The summed E-state index contributed by atoms with van der Waals surface area (Å²) >= 11 is 5.93. The number of fused-ring (bicyclic) bond motifs is 1.